The predicted octanol–water partition coefficient (Wildman–Crippen LogP) is 0.434. The maximum absolute atomic E-state index is 8.49. The Hall–Kier alpha value is -1.28. The fraction of sp³-hybridized carbons (Fsp3) is 0.267. The Morgan fingerprint density at radius 1 is 1.09 bits per heavy atom. The summed E-state index contributed by atoms with van der Waals surface area (Å²) in [6.07, 6.45) is 2.14. The summed E-state index contributed by atoms with van der Waals surface area (Å²) in [6, 6.07) is 10.7. The highest BCUT2D eigenvalue weighted by Crippen LogP contribution is 2.36. The van der Waals surface area contributed by atoms with E-state index in [-0.39, 0.29) is 0 Å². The van der Waals surface area contributed by atoms with Crippen molar-refractivity contribution in [2.45, 2.75) is 26.7 Å². The highest BCUT2D eigenvalue weighted by atomic mass is 35.7. The van der Waals surface area contributed by atoms with Crippen LogP contribution in [0, 0.1) is 17.2 Å². The first-order valence-electron chi connectivity index (χ1n) is 6.65. The van der Waals surface area contributed by atoms with Gasteiger partial charge in [0.25, 0.3) is 0 Å². The van der Waals surface area contributed by atoms with E-state index in [4.69, 9.17) is 23.1 Å². The monoisotopic (exact) mass is 342 g/mol. The average molecular weight is 343 g/mol. The van der Waals surface area contributed by atoms with E-state index in [9.17, 15) is 0 Å². The van der Waals surface area contributed by atoms with Gasteiger partial charge in [-0.3, -0.25) is 0 Å². The lowest BCUT2D eigenvalue weighted by molar-refractivity contribution is -2.00. The second-order valence-corrected chi connectivity index (χ2v) is 6.56. The van der Waals surface area contributed by atoms with E-state index < -0.39 is 10.2 Å². The van der Waals surface area contributed by atoms with E-state index in [1.54, 1.807) is 0 Å². The summed E-state index contributed by atoms with van der Waals surface area (Å²) in [5, 5.41) is 2.70. The molecule has 2 heterocycles. The van der Waals surface area contributed by atoms with Crippen LogP contribution < -0.4 is 18.6 Å². The first-order chi connectivity index (χ1) is 10.3. The van der Waals surface area contributed by atoms with Gasteiger partial charge in [-0.05, 0) is 12.5 Å². The van der Waals surface area contributed by atoms with Gasteiger partial charge < -0.3 is 0 Å². The SMILES string of the molecule is CCCc1[o+]c(C)cc2c1sc1ccccc12.[O-][Cl+3]([O-])([O-])[O-]. The number of benzene rings is 1. The summed E-state index contributed by atoms with van der Waals surface area (Å²) in [5.41, 5.74) is 0. The lowest BCUT2D eigenvalue weighted by atomic mass is 10.1. The zero-order valence-electron chi connectivity index (χ0n) is 12.1. The average Bonchev–Trinajstić information content (AvgIpc) is 2.76. The van der Waals surface area contributed by atoms with E-state index in [0.29, 0.717) is 0 Å². The van der Waals surface area contributed by atoms with Gasteiger partial charge in [0.05, 0.1) is 13.3 Å². The zero-order chi connectivity index (χ0) is 16.3. The smallest absolute Gasteiger partial charge is 0.222 e. The van der Waals surface area contributed by atoms with Gasteiger partial charge in [0.15, 0.2) is 0 Å². The van der Waals surface area contributed by atoms with Crippen LogP contribution in [-0.2, 0) is 6.42 Å². The molecule has 0 bridgehead atoms. The van der Waals surface area contributed by atoms with E-state index in [1.165, 1.54) is 20.2 Å². The van der Waals surface area contributed by atoms with Crippen molar-refractivity contribution in [2.75, 3.05) is 0 Å². The molecule has 0 aliphatic rings. The number of thiophene rings is 1. The van der Waals surface area contributed by atoms with Crippen molar-refractivity contribution in [1.82, 2.24) is 0 Å². The van der Waals surface area contributed by atoms with Gasteiger partial charge in [-0.1, -0.05) is 25.1 Å². The second-order valence-electron chi connectivity index (χ2n) is 4.75. The van der Waals surface area contributed by atoms with Crippen LogP contribution in [0.25, 0.3) is 20.2 Å². The lowest BCUT2D eigenvalue weighted by Gasteiger charge is -2.17. The van der Waals surface area contributed by atoms with Crippen molar-refractivity contribution in [1.29, 1.82) is 0 Å². The molecule has 0 N–H and O–H groups in total. The molecule has 7 heteroatoms. The lowest BCUT2D eigenvalue weighted by Crippen LogP contribution is -2.68. The second kappa shape index (κ2) is 6.87. The highest BCUT2D eigenvalue weighted by Gasteiger charge is 2.19. The van der Waals surface area contributed by atoms with Crippen molar-refractivity contribution in [3.05, 3.63) is 41.9 Å². The molecule has 3 aromatic rings. The summed E-state index contributed by atoms with van der Waals surface area (Å²) in [6.45, 7) is 4.22. The van der Waals surface area contributed by atoms with Crippen LogP contribution in [0.4, 0.5) is 0 Å². The molecule has 0 aliphatic carbocycles. The minimum atomic E-state index is -4.94. The summed E-state index contributed by atoms with van der Waals surface area (Å²) in [4.78, 5) is 0. The molecule has 0 spiro atoms. The van der Waals surface area contributed by atoms with Crippen molar-refractivity contribution in [2.24, 2.45) is 0 Å². The fourth-order valence-electron chi connectivity index (χ4n) is 2.28. The third-order valence-corrected chi connectivity index (χ3v) is 4.22. The van der Waals surface area contributed by atoms with Crippen LogP contribution in [0.2, 0.25) is 0 Å². The number of fused-ring (bicyclic) bond motifs is 3. The largest absolute Gasteiger partial charge is 0.347 e. The van der Waals surface area contributed by atoms with Gasteiger partial charge >= 0.3 is 11.5 Å². The van der Waals surface area contributed by atoms with Crippen LogP contribution in [-0.4, -0.2) is 0 Å². The molecular formula is C15H15ClO5S. The molecule has 0 saturated carbocycles. The van der Waals surface area contributed by atoms with E-state index in [0.717, 1.165) is 24.4 Å². The van der Waals surface area contributed by atoms with Crippen molar-refractivity contribution < 1.29 is 33.3 Å². The minimum Gasteiger partial charge on any atom is -0.222 e. The third-order valence-electron chi connectivity index (χ3n) is 3.00. The van der Waals surface area contributed by atoms with Crippen LogP contribution >= 0.6 is 11.3 Å². The van der Waals surface area contributed by atoms with Gasteiger partial charge in [-0.2, -0.15) is 0 Å². The van der Waals surface area contributed by atoms with E-state index in [2.05, 4.69) is 37.3 Å². The molecule has 5 nitrogen and oxygen atoms in total. The minimum absolute atomic E-state index is 1.00. The van der Waals surface area contributed by atoms with E-state index in [1.807, 2.05) is 18.3 Å². The van der Waals surface area contributed by atoms with Crippen molar-refractivity contribution in [3.63, 3.8) is 0 Å². The molecule has 0 aliphatic heterocycles. The molecule has 0 atom stereocenters. The van der Waals surface area contributed by atoms with E-state index >= 15 is 0 Å². The molecule has 0 saturated heterocycles. The third kappa shape index (κ3) is 4.36. The van der Waals surface area contributed by atoms with Crippen LogP contribution in [0.5, 0.6) is 0 Å². The Morgan fingerprint density at radius 2 is 1.73 bits per heavy atom. The summed E-state index contributed by atoms with van der Waals surface area (Å²) in [7, 11) is -4.94. The van der Waals surface area contributed by atoms with Gasteiger partial charge in [0.2, 0.25) is 0 Å². The number of rotatable bonds is 2. The van der Waals surface area contributed by atoms with Crippen molar-refractivity contribution >= 4 is 31.5 Å². The summed E-state index contributed by atoms with van der Waals surface area (Å²) >= 11 is 1.84. The quantitative estimate of drug-likeness (QED) is 0.628. The van der Waals surface area contributed by atoms with Crippen molar-refractivity contribution in [3.8, 4) is 0 Å². The predicted molar refractivity (Wildman–Crippen MR) is 74.7 cm³/mol. The zero-order valence-corrected chi connectivity index (χ0v) is 13.7. The Morgan fingerprint density at radius 3 is 2.36 bits per heavy atom. The number of halogens is 1. The Bertz CT molecular complexity index is 773. The molecule has 2 aromatic heterocycles. The molecule has 0 fully saturated rings. The standard InChI is InChI=1S/C15H15OS.ClHO4/c1-3-6-13-15-12(9-10(2)16-13)11-7-4-5-8-14(11)17-15;2-1(3,4)5/h4-5,7-9H,3,6H2,1-2H3;(H,2,3,4,5)/q+1;/p-1. The topological polar surface area (TPSA) is 104 Å². The number of aryl methyl sites for hydroxylation is 2. The highest BCUT2D eigenvalue weighted by molar-refractivity contribution is 7.26. The molecule has 1 aromatic carbocycles. The van der Waals surface area contributed by atoms with Gasteiger partial charge in [0, 0.05) is 21.5 Å². The normalized spacial score (nSPS) is 11.5. The van der Waals surface area contributed by atoms with Gasteiger partial charge in [-0.15, -0.1) is 21.6 Å². The molecule has 3 rings (SSSR count). The first-order valence-corrected chi connectivity index (χ1v) is 8.70. The Balaban J connectivity index is 0.000000309. The number of hydrogen-bond acceptors (Lipinski definition) is 5. The molecule has 118 valence electrons. The van der Waals surface area contributed by atoms with Gasteiger partial charge in [0.1, 0.15) is 4.70 Å². The fourth-order valence-corrected chi connectivity index (χ4v) is 3.47. The van der Waals surface area contributed by atoms with Gasteiger partial charge in [-0.25, -0.2) is 23.1 Å². The molecular weight excluding hydrogens is 328 g/mol. The van der Waals surface area contributed by atoms with Crippen LogP contribution in [0.3, 0.4) is 0 Å². The maximum atomic E-state index is 8.49. The number of hydrogen-bond donors (Lipinski definition) is 0. The summed E-state index contributed by atoms with van der Waals surface area (Å²) < 4.78 is 42.5. The molecule has 0 radical (unpaired) electrons. The molecule has 22 heavy (non-hydrogen) atoms. The van der Waals surface area contributed by atoms with Crippen LogP contribution in [0.15, 0.2) is 34.7 Å². The maximum Gasteiger partial charge on any atom is 0.347 e. The summed E-state index contributed by atoms with van der Waals surface area (Å²) in [5.74, 6) is 2.15. The van der Waals surface area contributed by atoms with Crippen LogP contribution in [0.1, 0.15) is 24.9 Å². The first kappa shape index (κ1) is 17.1. The Labute approximate surface area is 133 Å². The molecule has 0 amide bonds. The Kier molecular flexibility index (Phi) is 5.33. The molecule has 0 unspecified atom stereocenters.